The monoisotopic (exact) mass is 444 g/mol. The van der Waals surface area contributed by atoms with Gasteiger partial charge >= 0.3 is 5.97 Å². The quantitative estimate of drug-likeness (QED) is 0.419. The van der Waals surface area contributed by atoms with Crippen molar-refractivity contribution >= 4 is 16.9 Å². The maximum Gasteiger partial charge on any atom is 0.337 e. The van der Waals surface area contributed by atoms with Crippen LogP contribution in [0.15, 0.2) is 57.7 Å². The molecule has 1 aromatic heterocycles. The Labute approximate surface area is 180 Å². The van der Waals surface area contributed by atoms with Crippen LogP contribution in [0.3, 0.4) is 0 Å². The van der Waals surface area contributed by atoms with Crippen LogP contribution in [0, 0.1) is 0 Å². The molecule has 1 fully saturated rings. The lowest BCUT2D eigenvalue weighted by molar-refractivity contribution is -0.271. The minimum absolute atomic E-state index is 0.00162. The zero-order valence-corrected chi connectivity index (χ0v) is 16.7. The first-order valence-electron chi connectivity index (χ1n) is 9.60. The van der Waals surface area contributed by atoms with Gasteiger partial charge in [0, 0.05) is 23.8 Å². The number of hydrogen-bond donors (Lipinski definition) is 4. The third-order valence-electron chi connectivity index (χ3n) is 5.10. The fourth-order valence-electron chi connectivity index (χ4n) is 3.45. The van der Waals surface area contributed by atoms with Gasteiger partial charge in [0.2, 0.25) is 6.29 Å². The molecule has 168 valence electrons. The van der Waals surface area contributed by atoms with Gasteiger partial charge in [-0.1, -0.05) is 30.3 Å². The van der Waals surface area contributed by atoms with Gasteiger partial charge in [-0.05, 0) is 0 Å². The molecule has 0 unspecified atom stereocenters. The van der Waals surface area contributed by atoms with E-state index in [4.69, 9.17) is 13.9 Å². The van der Waals surface area contributed by atoms with Crippen molar-refractivity contribution in [1.82, 2.24) is 0 Å². The predicted octanol–water partition coefficient (Wildman–Crippen LogP) is 0.525. The maximum atomic E-state index is 12.5. The van der Waals surface area contributed by atoms with Crippen LogP contribution in [-0.2, 0) is 14.3 Å². The number of hydrogen-bond acceptors (Lipinski definition) is 10. The molecule has 0 bridgehead atoms. The summed E-state index contributed by atoms with van der Waals surface area (Å²) in [4.78, 5) is 24.4. The van der Waals surface area contributed by atoms with Gasteiger partial charge in [0.05, 0.1) is 7.11 Å². The molecule has 10 nitrogen and oxygen atoms in total. The standard InChI is InChI=1S/C22H20O10/c1-29-21(28)20-18(26)17(25)19(27)22(32-20)30-11-7-12(23)16-13(24)9-14(31-15(16)8-11)10-5-3-2-4-6-10/h2-9,17-20,22-23,25-27H,1H3/t17-,18-,19+,20-,22+/m0/s1. The normalized spacial score (nSPS) is 25.4. The average Bonchev–Trinajstić information content (AvgIpc) is 2.79. The van der Waals surface area contributed by atoms with Crippen molar-refractivity contribution in [3.8, 4) is 22.8 Å². The molecule has 32 heavy (non-hydrogen) atoms. The molecule has 5 atom stereocenters. The van der Waals surface area contributed by atoms with Crippen molar-refractivity contribution in [3.63, 3.8) is 0 Å². The summed E-state index contributed by atoms with van der Waals surface area (Å²) in [6, 6.07) is 12.5. The van der Waals surface area contributed by atoms with Crippen LogP contribution in [0.4, 0.5) is 0 Å². The molecule has 1 aliphatic heterocycles. The van der Waals surface area contributed by atoms with Crippen molar-refractivity contribution in [2.45, 2.75) is 30.7 Å². The Hall–Kier alpha value is -3.44. The number of phenolic OH excluding ortho intramolecular Hbond substituents is 1. The molecule has 4 rings (SSSR count). The third kappa shape index (κ3) is 3.92. The van der Waals surface area contributed by atoms with Gasteiger partial charge < -0.3 is 39.1 Å². The van der Waals surface area contributed by atoms with Crippen molar-refractivity contribution in [1.29, 1.82) is 0 Å². The van der Waals surface area contributed by atoms with Crippen LogP contribution in [0.5, 0.6) is 11.5 Å². The number of methoxy groups -OCH3 is 1. The summed E-state index contributed by atoms with van der Waals surface area (Å²) in [6.45, 7) is 0. The van der Waals surface area contributed by atoms with Crippen LogP contribution in [-0.4, -0.2) is 64.2 Å². The summed E-state index contributed by atoms with van der Waals surface area (Å²) in [5.41, 5.74) is 0.163. The Morgan fingerprint density at radius 1 is 1.00 bits per heavy atom. The van der Waals surface area contributed by atoms with Crippen LogP contribution in [0.1, 0.15) is 0 Å². The van der Waals surface area contributed by atoms with E-state index >= 15 is 0 Å². The number of esters is 1. The Bertz CT molecular complexity index is 1190. The fraction of sp³-hybridized carbons (Fsp3) is 0.273. The van der Waals surface area contributed by atoms with Gasteiger partial charge in [0.25, 0.3) is 0 Å². The summed E-state index contributed by atoms with van der Waals surface area (Å²) in [7, 11) is 1.07. The van der Waals surface area contributed by atoms with Gasteiger partial charge in [-0.15, -0.1) is 0 Å². The van der Waals surface area contributed by atoms with Crippen molar-refractivity contribution < 1.29 is 43.8 Å². The molecule has 2 aromatic carbocycles. The molecule has 0 spiro atoms. The van der Waals surface area contributed by atoms with Gasteiger partial charge in [0.15, 0.2) is 11.5 Å². The molecule has 1 saturated heterocycles. The number of fused-ring (bicyclic) bond motifs is 1. The molecule has 3 aromatic rings. The number of ether oxygens (including phenoxy) is 3. The lowest BCUT2D eigenvalue weighted by Crippen LogP contribution is -2.61. The Morgan fingerprint density at radius 2 is 1.72 bits per heavy atom. The lowest BCUT2D eigenvalue weighted by Gasteiger charge is -2.38. The van der Waals surface area contributed by atoms with Gasteiger partial charge in [-0.25, -0.2) is 4.79 Å². The highest BCUT2D eigenvalue weighted by Gasteiger charge is 2.48. The minimum atomic E-state index is -1.77. The van der Waals surface area contributed by atoms with Crippen molar-refractivity contribution in [2.24, 2.45) is 0 Å². The van der Waals surface area contributed by atoms with Crippen LogP contribution < -0.4 is 10.2 Å². The number of phenols is 1. The summed E-state index contributed by atoms with van der Waals surface area (Å²) >= 11 is 0. The second-order valence-corrected chi connectivity index (χ2v) is 7.19. The largest absolute Gasteiger partial charge is 0.507 e. The summed E-state index contributed by atoms with van der Waals surface area (Å²) in [5.74, 6) is -1.24. The number of carbonyl (C=O) groups excluding carboxylic acids is 1. The molecule has 4 N–H and O–H groups in total. The topological polar surface area (TPSA) is 156 Å². The molecular formula is C22H20O10. The molecule has 0 saturated carbocycles. The van der Waals surface area contributed by atoms with E-state index in [1.54, 1.807) is 24.3 Å². The highest BCUT2D eigenvalue weighted by atomic mass is 16.7. The van der Waals surface area contributed by atoms with Crippen LogP contribution in [0.25, 0.3) is 22.3 Å². The lowest BCUT2D eigenvalue weighted by atomic mass is 9.99. The predicted molar refractivity (Wildman–Crippen MR) is 109 cm³/mol. The van der Waals surface area contributed by atoms with Crippen molar-refractivity contribution in [2.75, 3.05) is 7.11 Å². The zero-order chi connectivity index (χ0) is 23.0. The Kier molecular flexibility index (Phi) is 5.85. The first-order valence-corrected chi connectivity index (χ1v) is 9.60. The summed E-state index contributed by atoms with van der Waals surface area (Å²) < 4.78 is 21.1. The number of aliphatic hydroxyl groups is 3. The van der Waals surface area contributed by atoms with E-state index in [0.717, 1.165) is 13.2 Å². The molecule has 0 radical (unpaired) electrons. The van der Waals surface area contributed by atoms with E-state index in [2.05, 4.69) is 4.74 Å². The Morgan fingerprint density at radius 3 is 2.41 bits per heavy atom. The number of carbonyl (C=O) groups is 1. The van der Waals surface area contributed by atoms with Gasteiger partial charge in [-0.3, -0.25) is 4.79 Å². The SMILES string of the molecule is COC(=O)[C@H]1O[C@@H](Oc2cc(O)c3c(=O)cc(-c4ccccc4)oc3c2)[C@H](O)[C@@H](O)[C@@H]1O. The molecule has 0 aliphatic carbocycles. The van der Waals surface area contributed by atoms with Gasteiger partial charge in [0.1, 0.15) is 46.5 Å². The van der Waals surface area contributed by atoms with Crippen LogP contribution in [0.2, 0.25) is 0 Å². The van der Waals surface area contributed by atoms with E-state index in [0.29, 0.717) is 5.56 Å². The number of aliphatic hydroxyl groups excluding tert-OH is 3. The van der Waals surface area contributed by atoms with Crippen molar-refractivity contribution in [3.05, 3.63) is 58.8 Å². The molecule has 0 amide bonds. The summed E-state index contributed by atoms with van der Waals surface area (Å²) in [5, 5.41) is 40.5. The molecule has 2 heterocycles. The average molecular weight is 444 g/mol. The molecule has 10 heteroatoms. The first-order chi connectivity index (χ1) is 15.3. The van der Waals surface area contributed by atoms with E-state index in [1.807, 2.05) is 6.07 Å². The number of benzene rings is 2. The first kappa shape index (κ1) is 21.8. The highest BCUT2D eigenvalue weighted by Crippen LogP contribution is 2.33. The highest BCUT2D eigenvalue weighted by molar-refractivity contribution is 5.86. The molecule has 1 aliphatic rings. The van der Waals surface area contributed by atoms with E-state index < -0.39 is 47.9 Å². The third-order valence-corrected chi connectivity index (χ3v) is 5.10. The smallest absolute Gasteiger partial charge is 0.337 e. The maximum absolute atomic E-state index is 12.5. The second kappa shape index (κ2) is 8.60. The minimum Gasteiger partial charge on any atom is -0.507 e. The Balaban J connectivity index is 1.70. The zero-order valence-electron chi connectivity index (χ0n) is 16.7. The van der Waals surface area contributed by atoms with Gasteiger partial charge in [-0.2, -0.15) is 0 Å². The van der Waals surface area contributed by atoms with E-state index in [9.17, 15) is 30.0 Å². The molecular weight excluding hydrogens is 424 g/mol. The second-order valence-electron chi connectivity index (χ2n) is 7.19. The summed E-state index contributed by atoms with van der Waals surface area (Å²) in [6.07, 6.45) is -8.45. The van der Waals surface area contributed by atoms with Crippen LogP contribution >= 0.6 is 0 Å². The van der Waals surface area contributed by atoms with E-state index in [-0.39, 0.29) is 22.5 Å². The van der Waals surface area contributed by atoms with E-state index in [1.165, 1.54) is 12.1 Å². The fourth-order valence-corrected chi connectivity index (χ4v) is 3.45. The number of aromatic hydroxyl groups is 1. The number of rotatable bonds is 4.